The van der Waals surface area contributed by atoms with Crippen LogP contribution >= 0.6 is 0 Å². The van der Waals surface area contributed by atoms with Crippen molar-refractivity contribution >= 4 is 5.96 Å². The minimum atomic E-state index is -0.180. The van der Waals surface area contributed by atoms with Crippen molar-refractivity contribution in [2.75, 3.05) is 19.6 Å². The van der Waals surface area contributed by atoms with Crippen LogP contribution in [0, 0.1) is 13.8 Å². The lowest BCUT2D eigenvalue weighted by Crippen LogP contribution is -2.46. The molecule has 0 amide bonds. The van der Waals surface area contributed by atoms with E-state index in [9.17, 15) is 5.11 Å². The molecule has 140 valence electrons. The number of likely N-dealkylation sites (tertiary alicyclic amines) is 1. The zero-order valence-corrected chi connectivity index (χ0v) is 15.9. The number of hydrogen-bond donors (Lipinski definition) is 2. The molecule has 2 aromatic rings. The molecule has 0 bridgehead atoms. The number of nitrogens with one attached hydrogen (secondary N) is 1. The second-order valence-electron chi connectivity index (χ2n) is 6.86. The molecule has 1 aromatic carbocycles. The van der Waals surface area contributed by atoms with E-state index in [1.54, 1.807) is 0 Å². The number of benzene rings is 1. The van der Waals surface area contributed by atoms with Crippen molar-refractivity contribution in [1.29, 1.82) is 0 Å². The predicted molar refractivity (Wildman–Crippen MR) is 105 cm³/mol. The highest BCUT2D eigenvalue weighted by molar-refractivity contribution is 5.80. The van der Waals surface area contributed by atoms with Crippen molar-refractivity contribution in [2.24, 2.45) is 4.99 Å². The second-order valence-corrected chi connectivity index (χ2v) is 6.86. The fourth-order valence-corrected chi connectivity index (χ4v) is 3.39. The van der Waals surface area contributed by atoms with Crippen LogP contribution in [0.4, 0.5) is 0 Å². The number of guanidine groups is 1. The van der Waals surface area contributed by atoms with Crippen molar-refractivity contribution in [3.63, 3.8) is 0 Å². The first-order chi connectivity index (χ1) is 12.6. The number of aromatic nitrogens is 2. The fraction of sp³-hybridized carbons (Fsp3) is 0.500. The topological polar surface area (TPSA) is 65.7 Å². The zero-order valence-electron chi connectivity index (χ0n) is 15.9. The van der Waals surface area contributed by atoms with E-state index < -0.39 is 0 Å². The first-order valence-corrected chi connectivity index (χ1v) is 9.41. The fourth-order valence-electron chi connectivity index (χ4n) is 3.39. The van der Waals surface area contributed by atoms with Gasteiger partial charge in [0.1, 0.15) is 0 Å². The highest BCUT2D eigenvalue weighted by Gasteiger charge is 2.19. The number of aliphatic hydroxyl groups is 1. The molecule has 0 aliphatic carbocycles. The molecule has 2 heterocycles. The molecule has 0 radical (unpaired) electrons. The predicted octanol–water partition coefficient (Wildman–Crippen LogP) is 2.41. The van der Waals surface area contributed by atoms with E-state index in [0.717, 1.165) is 61.1 Å². The third-order valence-electron chi connectivity index (χ3n) is 4.73. The van der Waals surface area contributed by atoms with Gasteiger partial charge in [0.05, 0.1) is 24.0 Å². The van der Waals surface area contributed by atoms with Crippen LogP contribution in [-0.2, 0) is 6.54 Å². The van der Waals surface area contributed by atoms with Crippen molar-refractivity contribution in [1.82, 2.24) is 20.0 Å². The van der Waals surface area contributed by atoms with Crippen LogP contribution in [0.1, 0.15) is 36.7 Å². The Kier molecular flexibility index (Phi) is 5.93. The van der Waals surface area contributed by atoms with Gasteiger partial charge in [0.2, 0.25) is 0 Å². The number of piperidine rings is 1. The summed E-state index contributed by atoms with van der Waals surface area (Å²) < 4.78 is 1.99. The van der Waals surface area contributed by atoms with Crippen molar-refractivity contribution in [3.05, 3.63) is 47.3 Å². The Bertz CT molecular complexity index is 759. The third-order valence-corrected chi connectivity index (χ3v) is 4.73. The Balaban J connectivity index is 1.83. The standard InChI is InChI=1S/C20H29N5O/c1-4-21-20(24-11-9-18(26)10-12-24)22-14-17-7-5-6-8-19(17)25-16(3)13-15(2)23-25/h5-8,13,18,26H,4,9-12,14H2,1-3H3,(H,21,22). The summed E-state index contributed by atoms with van der Waals surface area (Å²) in [6, 6.07) is 10.4. The zero-order chi connectivity index (χ0) is 18.5. The molecule has 3 rings (SSSR count). The molecule has 0 spiro atoms. The average Bonchev–Trinajstić information content (AvgIpc) is 2.98. The molecule has 6 nitrogen and oxygen atoms in total. The number of aliphatic hydroxyl groups excluding tert-OH is 1. The summed E-state index contributed by atoms with van der Waals surface area (Å²) in [5, 5.41) is 17.7. The maximum atomic E-state index is 9.74. The number of hydrogen-bond acceptors (Lipinski definition) is 3. The van der Waals surface area contributed by atoms with Crippen molar-refractivity contribution in [3.8, 4) is 5.69 Å². The summed E-state index contributed by atoms with van der Waals surface area (Å²) >= 11 is 0. The van der Waals surface area contributed by atoms with Crippen LogP contribution < -0.4 is 5.32 Å². The highest BCUT2D eigenvalue weighted by Crippen LogP contribution is 2.18. The molecule has 0 unspecified atom stereocenters. The summed E-state index contributed by atoms with van der Waals surface area (Å²) in [7, 11) is 0. The first kappa shape index (κ1) is 18.5. The van der Waals surface area contributed by atoms with Gasteiger partial charge in [-0.15, -0.1) is 0 Å². The molecule has 1 aromatic heterocycles. The highest BCUT2D eigenvalue weighted by atomic mass is 16.3. The Morgan fingerprint density at radius 2 is 2.00 bits per heavy atom. The Labute approximate surface area is 155 Å². The van der Waals surface area contributed by atoms with Gasteiger partial charge in [-0.2, -0.15) is 5.10 Å². The van der Waals surface area contributed by atoms with Crippen LogP contribution in [0.2, 0.25) is 0 Å². The maximum Gasteiger partial charge on any atom is 0.194 e. The quantitative estimate of drug-likeness (QED) is 0.653. The molecular weight excluding hydrogens is 326 g/mol. The molecule has 1 aliphatic heterocycles. The van der Waals surface area contributed by atoms with E-state index in [1.807, 2.05) is 23.7 Å². The number of rotatable bonds is 4. The monoisotopic (exact) mass is 355 g/mol. The van der Waals surface area contributed by atoms with Gasteiger partial charge in [-0.05, 0) is 51.3 Å². The lowest BCUT2D eigenvalue weighted by molar-refractivity contribution is 0.108. The summed E-state index contributed by atoms with van der Waals surface area (Å²) in [6.07, 6.45) is 1.42. The summed E-state index contributed by atoms with van der Waals surface area (Å²) in [5.41, 5.74) is 4.36. The van der Waals surface area contributed by atoms with Crippen LogP contribution in [0.25, 0.3) is 5.69 Å². The summed E-state index contributed by atoms with van der Waals surface area (Å²) in [5.74, 6) is 0.919. The first-order valence-electron chi connectivity index (χ1n) is 9.41. The molecular formula is C20H29N5O. The minimum Gasteiger partial charge on any atom is -0.393 e. The van der Waals surface area contributed by atoms with Gasteiger partial charge in [0.15, 0.2) is 5.96 Å². The summed E-state index contributed by atoms with van der Waals surface area (Å²) in [6.45, 7) is 9.27. The maximum absolute atomic E-state index is 9.74. The van der Waals surface area contributed by atoms with Gasteiger partial charge >= 0.3 is 0 Å². The van der Waals surface area contributed by atoms with E-state index in [0.29, 0.717) is 6.54 Å². The lowest BCUT2D eigenvalue weighted by Gasteiger charge is -2.32. The van der Waals surface area contributed by atoms with E-state index in [1.165, 1.54) is 0 Å². The van der Waals surface area contributed by atoms with Crippen molar-refractivity contribution in [2.45, 2.75) is 46.3 Å². The SMILES string of the molecule is CCNC(=NCc1ccccc1-n1nc(C)cc1C)N1CCC(O)CC1. The molecule has 26 heavy (non-hydrogen) atoms. The molecule has 1 aliphatic rings. The molecule has 1 fully saturated rings. The van der Waals surface area contributed by atoms with Gasteiger partial charge in [-0.3, -0.25) is 0 Å². The van der Waals surface area contributed by atoms with Crippen LogP contribution in [-0.4, -0.2) is 51.5 Å². The lowest BCUT2D eigenvalue weighted by atomic mass is 10.1. The Hall–Kier alpha value is -2.34. The number of para-hydroxylation sites is 1. The Morgan fingerprint density at radius 3 is 2.65 bits per heavy atom. The normalized spacial score (nSPS) is 16.2. The molecule has 0 atom stereocenters. The van der Waals surface area contributed by atoms with Gasteiger partial charge in [0.25, 0.3) is 0 Å². The van der Waals surface area contributed by atoms with E-state index in [4.69, 9.17) is 4.99 Å². The van der Waals surface area contributed by atoms with Crippen LogP contribution in [0.15, 0.2) is 35.3 Å². The molecule has 2 N–H and O–H groups in total. The van der Waals surface area contributed by atoms with E-state index >= 15 is 0 Å². The van der Waals surface area contributed by atoms with Crippen LogP contribution in [0.3, 0.4) is 0 Å². The smallest absolute Gasteiger partial charge is 0.194 e. The molecule has 0 saturated carbocycles. The summed E-state index contributed by atoms with van der Waals surface area (Å²) in [4.78, 5) is 7.10. The van der Waals surface area contributed by atoms with Gasteiger partial charge in [0, 0.05) is 25.3 Å². The minimum absolute atomic E-state index is 0.180. The van der Waals surface area contributed by atoms with Crippen LogP contribution in [0.5, 0.6) is 0 Å². The molecule has 6 heteroatoms. The second kappa shape index (κ2) is 8.36. The average molecular weight is 355 g/mol. The van der Waals surface area contributed by atoms with Gasteiger partial charge in [-0.1, -0.05) is 18.2 Å². The van der Waals surface area contributed by atoms with Gasteiger partial charge < -0.3 is 15.3 Å². The van der Waals surface area contributed by atoms with E-state index in [-0.39, 0.29) is 6.10 Å². The third kappa shape index (κ3) is 4.25. The van der Waals surface area contributed by atoms with Gasteiger partial charge in [-0.25, -0.2) is 9.67 Å². The number of aliphatic imine (C=N–C) groups is 1. The number of nitrogens with zero attached hydrogens (tertiary/aromatic N) is 4. The number of aryl methyl sites for hydroxylation is 2. The van der Waals surface area contributed by atoms with E-state index in [2.05, 4.69) is 47.4 Å². The van der Waals surface area contributed by atoms with Crippen molar-refractivity contribution < 1.29 is 5.11 Å². The largest absolute Gasteiger partial charge is 0.393 e. The Morgan fingerprint density at radius 1 is 1.27 bits per heavy atom. The molecule has 1 saturated heterocycles.